The van der Waals surface area contributed by atoms with Gasteiger partial charge in [-0.2, -0.15) is 0 Å². The van der Waals surface area contributed by atoms with E-state index in [2.05, 4.69) is 5.16 Å². The van der Waals surface area contributed by atoms with Gasteiger partial charge < -0.3 is 9.63 Å². The van der Waals surface area contributed by atoms with Crippen molar-refractivity contribution in [3.05, 3.63) is 28.2 Å². The number of carboxylic acid groups (broad SMARTS) is 1. The second kappa shape index (κ2) is 3.43. The van der Waals surface area contributed by atoms with Gasteiger partial charge in [0.25, 0.3) is 0 Å². The van der Waals surface area contributed by atoms with E-state index in [1.165, 1.54) is 17.4 Å². The lowest BCUT2D eigenvalue weighted by atomic mass is 10.3. The largest absolute Gasteiger partial charge is 0.476 e. The van der Waals surface area contributed by atoms with Crippen LogP contribution in [-0.4, -0.2) is 16.2 Å². The van der Waals surface area contributed by atoms with Crippen LogP contribution in [0.4, 0.5) is 0 Å². The maximum absolute atomic E-state index is 10.5. The molecule has 0 amide bonds. The molecule has 6 heteroatoms. The highest BCUT2D eigenvalue weighted by Crippen LogP contribution is 2.33. The first-order valence-electron chi connectivity index (χ1n) is 3.62. The van der Waals surface area contributed by atoms with Crippen molar-refractivity contribution < 1.29 is 14.4 Å². The summed E-state index contributed by atoms with van der Waals surface area (Å²) in [5, 5.41) is 14.3. The summed E-state index contributed by atoms with van der Waals surface area (Å²) in [5.74, 6) is -0.741. The monoisotopic (exact) mass is 229 g/mol. The summed E-state index contributed by atoms with van der Waals surface area (Å²) in [6.07, 6.45) is 0. The van der Waals surface area contributed by atoms with E-state index in [1.54, 1.807) is 11.4 Å². The van der Waals surface area contributed by atoms with Crippen LogP contribution in [0.2, 0.25) is 5.02 Å². The highest BCUT2D eigenvalue weighted by molar-refractivity contribution is 7.14. The second-order valence-electron chi connectivity index (χ2n) is 2.48. The van der Waals surface area contributed by atoms with E-state index in [-0.39, 0.29) is 5.69 Å². The molecule has 2 heterocycles. The van der Waals surface area contributed by atoms with Gasteiger partial charge in [0.2, 0.25) is 0 Å². The van der Waals surface area contributed by atoms with E-state index in [9.17, 15) is 4.79 Å². The molecule has 0 bridgehead atoms. The van der Waals surface area contributed by atoms with E-state index in [4.69, 9.17) is 21.2 Å². The topological polar surface area (TPSA) is 63.3 Å². The number of carboxylic acids is 1. The zero-order valence-corrected chi connectivity index (χ0v) is 8.30. The van der Waals surface area contributed by atoms with Crippen molar-refractivity contribution in [2.24, 2.45) is 0 Å². The van der Waals surface area contributed by atoms with Crippen LogP contribution < -0.4 is 0 Å². The van der Waals surface area contributed by atoms with E-state index in [0.717, 1.165) is 0 Å². The van der Waals surface area contributed by atoms with Gasteiger partial charge >= 0.3 is 5.97 Å². The lowest BCUT2D eigenvalue weighted by molar-refractivity contribution is 0.0686. The molecule has 0 spiro atoms. The maximum atomic E-state index is 10.5. The number of halogens is 1. The summed E-state index contributed by atoms with van der Waals surface area (Å²) in [6, 6.07) is 3.06. The molecule has 0 unspecified atom stereocenters. The van der Waals surface area contributed by atoms with Crippen molar-refractivity contribution in [2.75, 3.05) is 0 Å². The van der Waals surface area contributed by atoms with E-state index >= 15 is 0 Å². The summed E-state index contributed by atoms with van der Waals surface area (Å²) in [6.45, 7) is 0. The minimum absolute atomic E-state index is 0.121. The van der Waals surface area contributed by atoms with Gasteiger partial charge in [-0.3, -0.25) is 0 Å². The second-order valence-corrected chi connectivity index (χ2v) is 3.80. The average Bonchev–Trinajstić information content (AvgIpc) is 2.71. The molecule has 2 rings (SSSR count). The molecular weight excluding hydrogens is 226 g/mol. The molecule has 0 radical (unpaired) electrons. The SMILES string of the molecule is O=C(O)c1cc(-c2sccc2Cl)on1. The number of aromatic carboxylic acids is 1. The zero-order valence-electron chi connectivity index (χ0n) is 6.73. The van der Waals surface area contributed by atoms with Crippen molar-refractivity contribution in [3.8, 4) is 10.6 Å². The fraction of sp³-hybridized carbons (Fsp3) is 0. The molecule has 0 aliphatic carbocycles. The molecule has 0 aliphatic rings. The smallest absolute Gasteiger partial charge is 0.358 e. The fourth-order valence-electron chi connectivity index (χ4n) is 0.953. The molecule has 0 aromatic carbocycles. The Hall–Kier alpha value is -1.33. The number of aromatic nitrogens is 1. The molecule has 14 heavy (non-hydrogen) atoms. The van der Waals surface area contributed by atoms with Crippen LogP contribution in [0.3, 0.4) is 0 Å². The summed E-state index contributed by atoms with van der Waals surface area (Å²) in [7, 11) is 0. The minimum Gasteiger partial charge on any atom is -0.476 e. The van der Waals surface area contributed by atoms with Crippen LogP contribution in [-0.2, 0) is 0 Å². The Morgan fingerprint density at radius 2 is 2.43 bits per heavy atom. The quantitative estimate of drug-likeness (QED) is 0.860. The van der Waals surface area contributed by atoms with Gasteiger partial charge in [0, 0.05) is 6.07 Å². The molecule has 4 nitrogen and oxygen atoms in total. The summed E-state index contributed by atoms with van der Waals surface area (Å²) in [5.41, 5.74) is -0.121. The first-order valence-corrected chi connectivity index (χ1v) is 4.87. The number of nitrogens with zero attached hydrogens (tertiary/aromatic N) is 1. The van der Waals surface area contributed by atoms with E-state index in [0.29, 0.717) is 15.7 Å². The highest BCUT2D eigenvalue weighted by Gasteiger charge is 2.14. The summed E-state index contributed by atoms with van der Waals surface area (Å²) >= 11 is 7.21. The van der Waals surface area contributed by atoms with Gasteiger partial charge in [-0.15, -0.1) is 11.3 Å². The average molecular weight is 230 g/mol. The van der Waals surface area contributed by atoms with Gasteiger partial charge in [0.1, 0.15) is 0 Å². The fourth-order valence-corrected chi connectivity index (χ4v) is 2.05. The van der Waals surface area contributed by atoms with Crippen molar-refractivity contribution in [3.63, 3.8) is 0 Å². The molecular formula is C8H4ClNO3S. The summed E-state index contributed by atoms with van der Waals surface area (Å²) in [4.78, 5) is 11.2. The third-order valence-corrected chi connectivity index (χ3v) is 2.93. The molecule has 72 valence electrons. The number of rotatable bonds is 2. The molecule has 1 N–H and O–H groups in total. The molecule has 0 saturated carbocycles. The molecule has 0 saturated heterocycles. The Morgan fingerprint density at radius 1 is 1.64 bits per heavy atom. The van der Waals surface area contributed by atoms with Gasteiger partial charge in [-0.25, -0.2) is 4.79 Å². The molecule has 2 aromatic heterocycles. The Labute approximate surface area is 87.7 Å². The molecule has 0 atom stereocenters. The lowest BCUT2D eigenvalue weighted by Gasteiger charge is -1.87. The van der Waals surface area contributed by atoms with Crippen LogP contribution >= 0.6 is 22.9 Å². The Kier molecular flexibility index (Phi) is 2.26. The van der Waals surface area contributed by atoms with Crippen LogP contribution in [0, 0.1) is 0 Å². The number of carbonyl (C=O) groups is 1. The van der Waals surface area contributed by atoms with Gasteiger partial charge in [-0.1, -0.05) is 16.8 Å². The third-order valence-electron chi connectivity index (χ3n) is 1.57. The third kappa shape index (κ3) is 1.51. The predicted octanol–water partition coefficient (Wildman–Crippen LogP) is 2.75. The van der Waals surface area contributed by atoms with Gasteiger partial charge in [0.15, 0.2) is 11.5 Å². The number of hydrogen-bond acceptors (Lipinski definition) is 4. The minimum atomic E-state index is -1.12. The van der Waals surface area contributed by atoms with Crippen molar-refractivity contribution >= 4 is 28.9 Å². The van der Waals surface area contributed by atoms with Gasteiger partial charge in [-0.05, 0) is 11.4 Å². The Morgan fingerprint density at radius 3 is 2.93 bits per heavy atom. The molecule has 0 fully saturated rings. The molecule has 2 aromatic rings. The van der Waals surface area contributed by atoms with E-state index in [1.807, 2.05) is 0 Å². The normalized spacial score (nSPS) is 10.4. The van der Waals surface area contributed by atoms with E-state index < -0.39 is 5.97 Å². The van der Waals surface area contributed by atoms with Crippen LogP contribution in [0.1, 0.15) is 10.5 Å². The van der Waals surface area contributed by atoms with Crippen LogP contribution in [0.5, 0.6) is 0 Å². The van der Waals surface area contributed by atoms with Crippen molar-refractivity contribution in [1.82, 2.24) is 5.16 Å². The van der Waals surface area contributed by atoms with Crippen molar-refractivity contribution in [1.29, 1.82) is 0 Å². The van der Waals surface area contributed by atoms with Crippen LogP contribution in [0.15, 0.2) is 22.0 Å². The maximum Gasteiger partial charge on any atom is 0.358 e. The Balaban J connectivity index is 2.43. The van der Waals surface area contributed by atoms with Gasteiger partial charge in [0.05, 0.1) is 9.90 Å². The lowest BCUT2D eigenvalue weighted by Crippen LogP contribution is -1.94. The first kappa shape index (κ1) is 9.23. The zero-order chi connectivity index (χ0) is 10.1. The molecule has 0 aliphatic heterocycles. The van der Waals surface area contributed by atoms with Crippen molar-refractivity contribution in [2.45, 2.75) is 0 Å². The standard InChI is InChI=1S/C8H4ClNO3S/c9-4-1-2-14-7(4)6-3-5(8(11)12)10-13-6/h1-3H,(H,11,12). The predicted molar refractivity (Wildman–Crippen MR) is 51.8 cm³/mol. The van der Waals surface area contributed by atoms with Crippen LogP contribution in [0.25, 0.3) is 10.6 Å². The first-order chi connectivity index (χ1) is 6.68. The number of hydrogen-bond donors (Lipinski definition) is 1. The summed E-state index contributed by atoms with van der Waals surface area (Å²) < 4.78 is 4.85. The highest BCUT2D eigenvalue weighted by atomic mass is 35.5. The number of thiophene rings is 1. The Bertz CT molecular complexity index is 476.